The van der Waals surface area contributed by atoms with Crippen molar-refractivity contribution in [1.29, 1.82) is 0 Å². The fourth-order valence-electron chi connectivity index (χ4n) is 3.94. The van der Waals surface area contributed by atoms with Crippen LogP contribution in [0.2, 0.25) is 0 Å². The molecule has 164 valence electrons. The van der Waals surface area contributed by atoms with Gasteiger partial charge in [0.15, 0.2) is 11.2 Å². The topological polar surface area (TPSA) is 104 Å². The van der Waals surface area contributed by atoms with Crippen LogP contribution in [0, 0.1) is 10.8 Å². The number of Topliss-reactive ketones (excluding diaryl/α,β-unsaturated/α-hetero) is 1. The van der Waals surface area contributed by atoms with Gasteiger partial charge in [-0.1, -0.05) is 13.8 Å². The third-order valence-electron chi connectivity index (χ3n) is 5.56. The average molecular weight is 426 g/mol. The molecule has 2 aromatic rings. The number of ketones is 1. The molecule has 0 aliphatic carbocycles. The summed E-state index contributed by atoms with van der Waals surface area (Å²) in [6.45, 7) is 6.53. The third kappa shape index (κ3) is 4.49. The highest BCUT2D eigenvalue weighted by Gasteiger charge is 2.29. The van der Waals surface area contributed by atoms with E-state index in [2.05, 4.69) is 5.18 Å². The maximum absolute atomic E-state index is 12.5. The summed E-state index contributed by atoms with van der Waals surface area (Å²) >= 11 is 0. The van der Waals surface area contributed by atoms with E-state index in [-0.39, 0.29) is 23.3 Å². The first kappa shape index (κ1) is 22.6. The highest BCUT2D eigenvalue weighted by molar-refractivity contribution is 5.99. The second-order valence-corrected chi connectivity index (χ2v) is 8.01. The van der Waals surface area contributed by atoms with Gasteiger partial charge in [-0.2, -0.15) is 0 Å². The molecule has 1 unspecified atom stereocenters. The first-order chi connectivity index (χ1) is 14.8. The largest absolute Gasteiger partial charge is 0.493 e. The number of carbonyl (C=O) groups is 2. The molecule has 2 heterocycles. The molecule has 0 fully saturated rings. The SMILES string of the molecule is COCCCOc1cc2c(cc1C(C)=O)-c1cc(=O)c(C(=O)N=O)cn1C(C(C)C)C2. The van der Waals surface area contributed by atoms with E-state index in [0.717, 1.165) is 11.1 Å². The lowest BCUT2D eigenvalue weighted by molar-refractivity contribution is 0.0994. The molecule has 1 atom stereocenters. The van der Waals surface area contributed by atoms with Crippen LogP contribution in [0.3, 0.4) is 0 Å². The van der Waals surface area contributed by atoms with Gasteiger partial charge in [0, 0.05) is 49.2 Å². The number of amides is 1. The van der Waals surface area contributed by atoms with Crippen LogP contribution < -0.4 is 10.2 Å². The highest BCUT2D eigenvalue weighted by Crippen LogP contribution is 2.40. The van der Waals surface area contributed by atoms with Crippen molar-refractivity contribution in [3.8, 4) is 17.0 Å². The second kappa shape index (κ2) is 9.34. The number of methoxy groups -OCH3 is 1. The maximum Gasteiger partial charge on any atom is 0.322 e. The molecule has 1 amide bonds. The van der Waals surface area contributed by atoms with E-state index in [9.17, 15) is 19.3 Å². The van der Waals surface area contributed by atoms with Crippen LogP contribution >= 0.6 is 0 Å². The number of ether oxygens (including phenoxy) is 2. The Kier molecular flexibility index (Phi) is 6.80. The summed E-state index contributed by atoms with van der Waals surface area (Å²) < 4.78 is 12.8. The second-order valence-electron chi connectivity index (χ2n) is 8.01. The van der Waals surface area contributed by atoms with E-state index in [1.165, 1.54) is 19.2 Å². The van der Waals surface area contributed by atoms with E-state index in [4.69, 9.17) is 9.47 Å². The summed E-state index contributed by atoms with van der Waals surface area (Å²) in [5.41, 5.74) is 1.89. The van der Waals surface area contributed by atoms with Crippen molar-refractivity contribution in [2.75, 3.05) is 20.3 Å². The fraction of sp³-hybridized carbons (Fsp3) is 0.435. The Morgan fingerprint density at radius 3 is 2.55 bits per heavy atom. The van der Waals surface area contributed by atoms with E-state index < -0.39 is 11.3 Å². The number of rotatable bonds is 8. The number of nitroso groups, excluding NO2 is 1. The first-order valence-electron chi connectivity index (χ1n) is 10.2. The molecule has 1 aromatic heterocycles. The van der Waals surface area contributed by atoms with Crippen LogP contribution in [0.1, 0.15) is 59.5 Å². The third-order valence-corrected chi connectivity index (χ3v) is 5.56. The molecule has 0 saturated carbocycles. The van der Waals surface area contributed by atoms with Crippen molar-refractivity contribution < 1.29 is 19.1 Å². The Bertz CT molecular complexity index is 1090. The van der Waals surface area contributed by atoms with E-state index in [1.807, 2.05) is 24.5 Å². The standard InChI is InChI=1S/C23H26N2O6/c1-13(2)19-8-15-9-22(31-7-5-6-30-4)16(14(3)26)10-17(15)20-11-21(27)18(12-25(19)20)23(28)24-29/h9-13,19H,5-8H2,1-4H3. The first-order valence-corrected chi connectivity index (χ1v) is 10.2. The molecule has 31 heavy (non-hydrogen) atoms. The lowest BCUT2D eigenvalue weighted by Crippen LogP contribution is -2.28. The van der Waals surface area contributed by atoms with Gasteiger partial charge in [0.2, 0.25) is 0 Å². The number of aromatic nitrogens is 1. The number of pyridine rings is 1. The molecule has 0 saturated heterocycles. The van der Waals surface area contributed by atoms with Crippen molar-refractivity contribution in [3.05, 3.63) is 56.2 Å². The molecule has 0 N–H and O–H groups in total. The Hall–Kier alpha value is -3.13. The molecular weight excluding hydrogens is 400 g/mol. The Morgan fingerprint density at radius 2 is 1.94 bits per heavy atom. The summed E-state index contributed by atoms with van der Waals surface area (Å²) in [5.74, 6) is -0.545. The van der Waals surface area contributed by atoms with Gasteiger partial charge in [0.25, 0.3) is 0 Å². The number of carbonyl (C=O) groups excluding carboxylic acids is 2. The van der Waals surface area contributed by atoms with Crippen molar-refractivity contribution in [2.24, 2.45) is 11.1 Å². The Balaban J connectivity index is 2.16. The van der Waals surface area contributed by atoms with E-state index in [0.29, 0.717) is 43.1 Å². The molecule has 0 spiro atoms. The smallest absolute Gasteiger partial charge is 0.322 e. The fourth-order valence-corrected chi connectivity index (χ4v) is 3.94. The Morgan fingerprint density at radius 1 is 1.19 bits per heavy atom. The zero-order chi connectivity index (χ0) is 22.7. The molecule has 0 bridgehead atoms. The predicted molar refractivity (Wildman–Crippen MR) is 116 cm³/mol. The number of benzene rings is 1. The van der Waals surface area contributed by atoms with Gasteiger partial charge in [0.1, 0.15) is 11.3 Å². The minimum Gasteiger partial charge on any atom is -0.493 e. The summed E-state index contributed by atoms with van der Waals surface area (Å²) in [6, 6.07) is 4.90. The van der Waals surface area contributed by atoms with Gasteiger partial charge < -0.3 is 14.0 Å². The van der Waals surface area contributed by atoms with Crippen LogP contribution in [0.4, 0.5) is 0 Å². The number of hydrogen-bond acceptors (Lipinski definition) is 6. The monoisotopic (exact) mass is 426 g/mol. The van der Waals surface area contributed by atoms with Gasteiger partial charge in [-0.05, 0) is 37.0 Å². The molecule has 0 radical (unpaired) electrons. The van der Waals surface area contributed by atoms with Crippen molar-refractivity contribution in [2.45, 2.75) is 39.7 Å². The normalized spacial score (nSPS) is 14.7. The quantitative estimate of drug-likeness (QED) is 0.361. The molecular formula is C23H26N2O6. The average Bonchev–Trinajstić information content (AvgIpc) is 2.74. The van der Waals surface area contributed by atoms with Gasteiger partial charge in [0.05, 0.1) is 17.9 Å². The molecule has 8 nitrogen and oxygen atoms in total. The van der Waals surface area contributed by atoms with Gasteiger partial charge in [-0.15, -0.1) is 4.91 Å². The number of fused-ring (bicyclic) bond motifs is 3. The summed E-state index contributed by atoms with van der Waals surface area (Å²) in [6.07, 6.45) is 2.73. The summed E-state index contributed by atoms with van der Waals surface area (Å²) in [4.78, 5) is 47.4. The molecule has 8 heteroatoms. The molecule has 1 aliphatic heterocycles. The van der Waals surface area contributed by atoms with Crippen LogP contribution in [0.25, 0.3) is 11.3 Å². The Labute approximate surface area is 180 Å². The van der Waals surface area contributed by atoms with Crippen LogP contribution in [0.15, 0.2) is 34.4 Å². The van der Waals surface area contributed by atoms with Crippen LogP contribution in [-0.4, -0.2) is 36.6 Å². The van der Waals surface area contributed by atoms with Crippen molar-refractivity contribution >= 4 is 11.7 Å². The maximum atomic E-state index is 12.5. The van der Waals surface area contributed by atoms with Gasteiger partial charge in [-0.25, -0.2) is 0 Å². The minimum atomic E-state index is -1.09. The summed E-state index contributed by atoms with van der Waals surface area (Å²) in [7, 11) is 1.62. The zero-order valence-corrected chi connectivity index (χ0v) is 18.1. The lowest BCUT2D eigenvalue weighted by Gasteiger charge is -2.34. The number of hydrogen-bond donors (Lipinski definition) is 0. The molecule has 1 aliphatic rings. The highest BCUT2D eigenvalue weighted by atomic mass is 16.5. The van der Waals surface area contributed by atoms with Crippen molar-refractivity contribution in [1.82, 2.24) is 4.57 Å². The van der Waals surface area contributed by atoms with Crippen LogP contribution in [-0.2, 0) is 11.2 Å². The minimum absolute atomic E-state index is 0.0502. The predicted octanol–water partition coefficient (Wildman–Crippen LogP) is 3.79. The zero-order valence-electron chi connectivity index (χ0n) is 18.1. The van der Waals surface area contributed by atoms with E-state index >= 15 is 0 Å². The number of nitrogens with zero attached hydrogens (tertiary/aromatic N) is 2. The lowest BCUT2D eigenvalue weighted by atomic mass is 9.86. The van der Waals surface area contributed by atoms with Gasteiger partial charge in [-0.3, -0.25) is 14.4 Å². The molecule has 3 rings (SSSR count). The van der Waals surface area contributed by atoms with E-state index in [1.54, 1.807) is 13.2 Å². The molecule has 1 aromatic carbocycles. The summed E-state index contributed by atoms with van der Waals surface area (Å²) in [5, 5.41) is 2.40. The van der Waals surface area contributed by atoms with Gasteiger partial charge >= 0.3 is 5.91 Å². The van der Waals surface area contributed by atoms with Crippen LogP contribution in [0.5, 0.6) is 5.75 Å². The van der Waals surface area contributed by atoms with Crippen molar-refractivity contribution in [3.63, 3.8) is 0 Å².